The van der Waals surface area contributed by atoms with Gasteiger partial charge in [0.15, 0.2) is 0 Å². The number of urea groups is 1. The first-order chi connectivity index (χ1) is 12.5. The van der Waals surface area contributed by atoms with Crippen molar-refractivity contribution in [3.05, 3.63) is 46.7 Å². The lowest BCUT2D eigenvalue weighted by Gasteiger charge is -2.28. The van der Waals surface area contributed by atoms with Gasteiger partial charge in [-0.15, -0.1) is 0 Å². The zero-order valence-corrected chi connectivity index (χ0v) is 15.3. The van der Waals surface area contributed by atoms with Gasteiger partial charge in [0.2, 0.25) is 0 Å². The van der Waals surface area contributed by atoms with Crippen LogP contribution in [0.2, 0.25) is 0 Å². The summed E-state index contributed by atoms with van der Waals surface area (Å²) in [5, 5.41) is 5.22. The van der Waals surface area contributed by atoms with Gasteiger partial charge in [0.05, 0.1) is 30.3 Å². The van der Waals surface area contributed by atoms with Crippen molar-refractivity contribution in [1.82, 2.24) is 10.6 Å². The maximum atomic E-state index is 12.3. The lowest BCUT2D eigenvalue weighted by atomic mass is 10.0. The molecule has 0 saturated heterocycles. The monoisotopic (exact) mass is 360 g/mol. The van der Waals surface area contributed by atoms with Crippen LogP contribution in [0.15, 0.2) is 35.5 Å². The largest absolute Gasteiger partial charge is 0.463 e. The molecular weight excluding hydrogens is 336 g/mol. The second-order valence-corrected chi connectivity index (χ2v) is 5.94. The molecule has 1 aliphatic rings. The van der Waals surface area contributed by atoms with Crippen molar-refractivity contribution in [3.63, 3.8) is 0 Å². The van der Waals surface area contributed by atoms with Crippen LogP contribution in [0.1, 0.15) is 31.4 Å². The molecule has 0 bridgehead atoms. The Morgan fingerprint density at radius 2 is 1.88 bits per heavy atom. The van der Waals surface area contributed by atoms with E-state index in [0.717, 1.165) is 11.1 Å². The number of carbonyl (C=O) groups excluding carboxylic acids is 3. The zero-order valence-electron chi connectivity index (χ0n) is 15.3. The molecule has 0 aromatic heterocycles. The fourth-order valence-electron chi connectivity index (χ4n) is 2.74. The molecule has 2 amide bonds. The fraction of sp³-hybridized carbons (Fsp3) is 0.421. The van der Waals surface area contributed by atoms with E-state index in [1.807, 2.05) is 38.1 Å². The van der Waals surface area contributed by atoms with Crippen molar-refractivity contribution in [2.45, 2.75) is 39.7 Å². The van der Waals surface area contributed by atoms with Gasteiger partial charge in [-0.1, -0.05) is 31.2 Å². The van der Waals surface area contributed by atoms with E-state index < -0.39 is 24.0 Å². The molecule has 1 heterocycles. The van der Waals surface area contributed by atoms with Gasteiger partial charge in [-0.05, 0) is 31.4 Å². The van der Waals surface area contributed by atoms with E-state index in [9.17, 15) is 14.4 Å². The molecule has 0 radical (unpaired) electrons. The highest BCUT2D eigenvalue weighted by Gasteiger charge is 2.31. The lowest BCUT2D eigenvalue weighted by molar-refractivity contribution is -0.143. The second-order valence-electron chi connectivity index (χ2n) is 5.94. The van der Waals surface area contributed by atoms with Gasteiger partial charge in [-0.2, -0.15) is 0 Å². The van der Waals surface area contributed by atoms with Crippen LogP contribution in [0.3, 0.4) is 0 Å². The first-order valence-electron chi connectivity index (χ1n) is 8.64. The number of nitrogens with one attached hydrogen (secondary N) is 2. The van der Waals surface area contributed by atoms with Crippen molar-refractivity contribution in [2.24, 2.45) is 0 Å². The molecular formula is C19H24N2O5. The van der Waals surface area contributed by atoms with E-state index in [-0.39, 0.29) is 30.9 Å². The van der Waals surface area contributed by atoms with Crippen LogP contribution in [0, 0.1) is 6.92 Å². The highest BCUT2D eigenvalue weighted by molar-refractivity contribution is 5.94. The molecule has 1 aliphatic heterocycles. The molecule has 1 atom stereocenters. The predicted molar refractivity (Wildman–Crippen MR) is 95.2 cm³/mol. The number of esters is 2. The van der Waals surface area contributed by atoms with Crippen LogP contribution in [0.4, 0.5) is 4.79 Å². The van der Waals surface area contributed by atoms with Gasteiger partial charge in [-0.3, -0.25) is 4.79 Å². The molecule has 0 saturated carbocycles. The van der Waals surface area contributed by atoms with E-state index in [0.29, 0.717) is 6.42 Å². The summed E-state index contributed by atoms with van der Waals surface area (Å²) in [6.45, 7) is 5.49. The van der Waals surface area contributed by atoms with Crippen molar-refractivity contribution in [2.75, 3.05) is 13.2 Å². The van der Waals surface area contributed by atoms with E-state index in [4.69, 9.17) is 9.47 Å². The summed E-state index contributed by atoms with van der Waals surface area (Å²) in [4.78, 5) is 36.2. The first-order valence-corrected chi connectivity index (χ1v) is 8.64. The maximum Gasteiger partial charge on any atom is 0.338 e. The van der Waals surface area contributed by atoms with Gasteiger partial charge in [0.1, 0.15) is 6.61 Å². The number of hydrogen-bond donors (Lipinski definition) is 2. The van der Waals surface area contributed by atoms with E-state index >= 15 is 0 Å². The van der Waals surface area contributed by atoms with Gasteiger partial charge < -0.3 is 20.1 Å². The number of benzene rings is 1. The smallest absolute Gasteiger partial charge is 0.338 e. The average molecular weight is 360 g/mol. The highest BCUT2D eigenvalue weighted by Crippen LogP contribution is 2.17. The van der Waals surface area contributed by atoms with Crippen LogP contribution in [-0.2, 0) is 25.5 Å². The Balaban J connectivity index is 2.12. The van der Waals surface area contributed by atoms with Gasteiger partial charge in [0, 0.05) is 0 Å². The molecule has 7 nitrogen and oxygen atoms in total. The summed E-state index contributed by atoms with van der Waals surface area (Å²) < 4.78 is 10.4. The number of amides is 2. The van der Waals surface area contributed by atoms with Crippen LogP contribution >= 0.6 is 0 Å². The summed E-state index contributed by atoms with van der Waals surface area (Å²) >= 11 is 0. The van der Waals surface area contributed by atoms with E-state index in [1.165, 1.54) is 0 Å². The minimum absolute atomic E-state index is 0.123. The quantitative estimate of drug-likeness (QED) is 0.725. The summed E-state index contributed by atoms with van der Waals surface area (Å²) in [5.41, 5.74) is 2.42. The van der Waals surface area contributed by atoms with Gasteiger partial charge >= 0.3 is 18.0 Å². The molecule has 1 aromatic rings. The average Bonchev–Trinajstić information content (AvgIpc) is 2.61. The normalized spacial score (nSPS) is 16.6. The Labute approximate surface area is 152 Å². The molecule has 0 aliphatic carbocycles. The van der Waals surface area contributed by atoms with Crippen molar-refractivity contribution in [1.29, 1.82) is 0 Å². The number of carbonyl (C=O) groups is 3. The van der Waals surface area contributed by atoms with Crippen LogP contribution in [-0.4, -0.2) is 37.2 Å². The van der Waals surface area contributed by atoms with Gasteiger partial charge in [-0.25, -0.2) is 9.59 Å². The molecule has 2 rings (SSSR count). The maximum absolute atomic E-state index is 12.3. The minimum Gasteiger partial charge on any atom is -0.463 e. The molecule has 0 unspecified atom stereocenters. The SMILES string of the molecule is CCOC(=O)C1=C(COC(=O)Cc2ccccc2C)NC(=O)N[C@H]1CC. The molecule has 0 spiro atoms. The molecule has 1 aromatic carbocycles. The molecule has 7 heteroatoms. The Bertz CT molecular complexity index is 726. The van der Waals surface area contributed by atoms with Crippen LogP contribution in [0.25, 0.3) is 0 Å². The summed E-state index contributed by atoms with van der Waals surface area (Å²) in [6.07, 6.45) is 0.639. The van der Waals surface area contributed by atoms with Crippen LogP contribution in [0.5, 0.6) is 0 Å². The van der Waals surface area contributed by atoms with Crippen molar-refractivity contribution in [3.8, 4) is 0 Å². The number of ether oxygens (including phenoxy) is 2. The number of hydrogen-bond acceptors (Lipinski definition) is 5. The third kappa shape index (κ3) is 4.84. The first kappa shape index (κ1) is 19.5. The second kappa shape index (κ2) is 9.03. The topological polar surface area (TPSA) is 93.7 Å². The minimum atomic E-state index is -0.531. The third-order valence-corrected chi connectivity index (χ3v) is 4.12. The van der Waals surface area contributed by atoms with Crippen molar-refractivity contribution >= 4 is 18.0 Å². The third-order valence-electron chi connectivity index (χ3n) is 4.12. The lowest BCUT2D eigenvalue weighted by Crippen LogP contribution is -2.51. The van der Waals surface area contributed by atoms with Gasteiger partial charge in [0.25, 0.3) is 0 Å². The summed E-state index contributed by atoms with van der Waals surface area (Å²) in [7, 11) is 0. The number of aryl methyl sites for hydroxylation is 1. The van der Waals surface area contributed by atoms with Crippen LogP contribution < -0.4 is 10.6 Å². The summed E-state index contributed by atoms with van der Waals surface area (Å²) in [5.74, 6) is -0.965. The molecule has 26 heavy (non-hydrogen) atoms. The fourth-order valence-corrected chi connectivity index (χ4v) is 2.74. The standard InChI is InChI=1S/C19H24N2O5/c1-4-14-17(18(23)25-5-2)15(21-19(24)20-14)11-26-16(22)10-13-9-7-6-8-12(13)3/h6-9,14H,4-5,10-11H2,1-3H3,(H2,20,21,24)/t14-/m0/s1. The highest BCUT2D eigenvalue weighted by atomic mass is 16.5. The summed E-state index contributed by atoms with van der Waals surface area (Å²) in [6, 6.07) is 6.62. The Morgan fingerprint density at radius 3 is 2.54 bits per heavy atom. The zero-order chi connectivity index (χ0) is 19.1. The predicted octanol–water partition coefficient (Wildman–Crippen LogP) is 1.99. The van der Waals surface area contributed by atoms with E-state index in [2.05, 4.69) is 10.6 Å². The van der Waals surface area contributed by atoms with E-state index in [1.54, 1.807) is 6.92 Å². The Morgan fingerprint density at radius 1 is 1.15 bits per heavy atom. The molecule has 140 valence electrons. The molecule has 2 N–H and O–H groups in total. The Kier molecular flexibility index (Phi) is 6.77. The van der Waals surface area contributed by atoms with Crippen molar-refractivity contribution < 1.29 is 23.9 Å². The molecule has 0 fully saturated rings. The Hall–Kier alpha value is -2.83. The number of rotatable bonds is 7.